The Labute approximate surface area is 142 Å². The highest BCUT2D eigenvalue weighted by Gasteiger charge is 2.09. The maximum absolute atomic E-state index is 11.8. The zero-order valence-electron chi connectivity index (χ0n) is 12.2. The number of carbonyl (C=O) groups excluding carboxylic acids is 2. The Balaban J connectivity index is 1.84. The third-order valence-electron chi connectivity index (χ3n) is 3.02. The lowest BCUT2D eigenvalue weighted by atomic mass is 10.1. The number of anilines is 1. The highest BCUT2D eigenvalue weighted by atomic mass is 79.9. The number of rotatable bonds is 5. The van der Waals surface area contributed by atoms with Crippen molar-refractivity contribution < 1.29 is 9.59 Å². The fraction of sp³-hybridized carbons (Fsp3) is 0.118. The van der Waals surface area contributed by atoms with Gasteiger partial charge in [-0.3, -0.25) is 9.59 Å². The zero-order chi connectivity index (χ0) is 16.7. The topological polar surface area (TPSA) is 82.0 Å². The van der Waals surface area contributed by atoms with Crippen molar-refractivity contribution in [1.29, 1.82) is 5.26 Å². The third-order valence-corrected chi connectivity index (χ3v) is 3.51. The van der Waals surface area contributed by atoms with E-state index >= 15 is 0 Å². The van der Waals surface area contributed by atoms with Crippen LogP contribution in [0.5, 0.6) is 0 Å². The van der Waals surface area contributed by atoms with E-state index in [2.05, 4.69) is 26.6 Å². The first-order valence-corrected chi connectivity index (χ1v) is 7.68. The third kappa shape index (κ3) is 5.24. The van der Waals surface area contributed by atoms with E-state index in [0.29, 0.717) is 11.3 Å². The van der Waals surface area contributed by atoms with Crippen LogP contribution in [0.1, 0.15) is 11.1 Å². The number of carbonyl (C=O) groups is 2. The summed E-state index contributed by atoms with van der Waals surface area (Å²) in [5.41, 5.74) is 1.66. The van der Waals surface area contributed by atoms with Crippen molar-refractivity contribution in [1.82, 2.24) is 5.32 Å². The molecule has 0 radical (unpaired) electrons. The molecule has 2 N–H and O–H groups in total. The summed E-state index contributed by atoms with van der Waals surface area (Å²) < 4.78 is 0.897. The molecule has 116 valence electrons. The fourth-order valence-corrected chi connectivity index (χ4v) is 2.40. The molecule has 2 aromatic carbocycles. The smallest absolute Gasteiger partial charge is 0.243 e. The molecule has 2 rings (SSSR count). The van der Waals surface area contributed by atoms with Crippen LogP contribution >= 0.6 is 15.9 Å². The van der Waals surface area contributed by atoms with Crippen LogP contribution in [0.15, 0.2) is 53.0 Å². The summed E-state index contributed by atoms with van der Waals surface area (Å²) in [6.07, 6.45) is 0.196. The quantitative estimate of drug-likeness (QED) is 0.847. The van der Waals surface area contributed by atoms with Gasteiger partial charge in [0.2, 0.25) is 11.8 Å². The maximum atomic E-state index is 11.8. The molecule has 2 aromatic rings. The Morgan fingerprint density at radius 3 is 2.61 bits per heavy atom. The number of para-hydroxylation sites is 1. The van der Waals surface area contributed by atoms with E-state index in [1.165, 1.54) is 0 Å². The first-order valence-electron chi connectivity index (χ1n) is 6.88. The van der Waals surface area contributed by atoms with Gasteiger partial charge in [0.25, 0.3) is 0 Å². The van der Waals surface area contributed by atoms with Crippen LogP contribution in [-0.2, 0) is 16.0 Å². The van der Waals surface area contributed by atoms with Crippen molar-refractivity contribution in [2.24, 2.45) is 0 Å². The molecule has 6 heteroatoms. The van der Waals surface area contributed by atoms with Crippen molar-refractivity contribution in [3.05, 3.63) is 64.1 Å². The molecule has 0 bridgehead atoms. The molecule has 23 heavy (non-hydrogen) atoms. The van der Waals surface area contributed by atoms with Gasteiger partial charge in [-0.2, -0.15) is 5.26 Å². The summed E-state index contributed by atoms with van der Waals surface area (Å²) in [6, 6.07) is 16.1. The number of nitrogens with one attached hydrogen (secondary N) is 2. The summed E-state index contributed by atoms with van der Waals surface area (Å²) in [4.78, 5) is 23.7. The van der Waals surface area contributed by atoms with Crippen molar-refractivity contribution in [3.8, 4) is 6.07 Å². The summed E-state index contributed by atoms with van der Waals surface area (Å²) in [6.45, 7) is -0.146. The van der Waals surface area contributed by atoms with Gasteiger partial charge in [0.15, 0.2) is 0 Å². The van der Waals surface area contributed by atoms with Gasteiger partial charge in [-0.05, 0) is 29.8 Å². The van der Waals surface area contributed by atoms with Crippen molar-refractivity contribution in [3.63, 3.8) is 0 Å². The Hall–Kier alpha value is -2.65. The van der Waals surface area contributed by atoms with E-state index in [-0.39, 0.29) is 24.8 Å². The highest BCUT2D eigenvalue weighted by molar-refractivity contribution is 9.10. The van der Waals surface area contributed by atoms with E-state index in [1.54, 1.807) is 24.3 Å². The summed E-state index contributed by atoms with van der Waals surface area (Å²) in [7, 11) is 0. The fourth-order valence-electron chi connectivity index (χ4n) is 1.96. The lowest BCUT2D eigenvalue weighted by Crippen LogP contribution is -2.33. The molecule has 5 nitrogen and oxygen atoms in total. The second-order valence-corrected chi connectivity index (χ2v) is 5.70. The van der Waals surface area contributed by atoms with Gasteiger partial charge in [-0.25, -0.2) is 0 Å². The molecule has 0 aliphatic heterocycles. The van der Waals surface area contributed by atoms with Crippen LogP contribution < -0.4 is 10.6 Å². The first kappa shape index (κ1) is 16.7. The molecule has 0 spiro atoms. The molecule has 0 aliphatic rings. The zero-order valence-corrected chi connectivity index (χ0v) is 13.8. The average molecular weight is 372 g/mol. The largest absolute Gasteiger partial charge is 0.347 e. The highest BCUT2D eigenvalue weighted by Crippen LogP contribution is 2.13. The van der Waals surface area contributed by atoms with Crippen molar-refractivity contribution >= 4 is 33.4 Å². The predicted octanol–water partition coefficient (Wildman–Crippen LogP) is 2.62. The average Bonchev–Trinajstić information content (AvgIpc) is 2.53. The predicted molar refractivity (Wildman–Crippen MR) is 90.6 cm³/mol. The molecule has 0 saturated carbocycles. The molecule has 2 amide bonds. The number of amides is 2. The number of halogens is 1. The van der Waals surface area contributed by atoms with E-state index in [0.717, 1.165) is 10.0 Å². The molecular weight excluding hydrogens is 358 g/mol. The van der Waals surface area contributed by atoms with Gasteiger partial charge in [0.05, 0.1) is 24.2 Å². The van der Waals surface area contributed by atoms with Gasteiger partial charge < -0.3 is 10.6 Å². The monoisotopic (exact) mass is 371 g/mol. The summed E-state index contributed by atoms with van der Waals surface area (Å²) >= 11 is 3.34. The molecule has 0 atom stereocenters. The minimum absolute atomic E-state index is 0.146. The van der Waals surface area contributed by atoms with E-state index in [9.17, 15) is 9.59 Å². The van der Waals surface area contributed by atoms with Crippen molar-refractivity contribution in [2.75, 3.05) is 11.9 Å². The molecule has 0 aliphatic carbocycles. The van der Waals surface area contributed by atoms with Gasteiger partial charge in [-0.15, -0.1) is 0 Å². The van der Waals surface area contributed by atoms with Crippen molar-refractivity contribution in [2.45, 2.75) is 6.42 Å². The van der Waals surface area contributed by atoms with Crippen LogP contribution in [0.3, 0.4) is 0 Å². The minimum atomic E-state index is -0.379. The van der Waals surface area contributed by atoms with Gasteiger partial charge in [0.1, 0.15) is 6.07 Å². The van der Waals surface area contributed by atoms with Gasteiger partial charge in [-0.1, -0.05) is 40.2 Å². The number of nitrogens with zero attached hydrogens (tertiary/aromatic N) is 1. The number of hydrogen-bond acceptors (Lipinski definition) is 3. The van der Waals surface area contributed by atoms with Gasteiger partial charge >= 0.3 is 0 Å². The van der Waals surface area contributed by atoms with E-state index < -0.39 is 0 Å². The number of benzene rings is 2. The Morgan fingerprint density at radius 2 is 1.87 bits per heavy atom. The van der Waals surface area contributed by atoms with Crippen LogP contribution in [-0.4, -0.2) is 18.4 Å². The second kappa shape index (κ2) is 8.11. The SMILES string of the molecule is N#Cc1ccccc1NC(=O)CNC(=O)Cc1cccc(Br)c1. The van der Waals surface area contributed by atoms with Crippen LogP contribution in [0.2, 0.25) is 0 Å². The summed E-state index contributed by atoms with van der Waals surface area (Å²) in [5.74, 6) is -0.623. The molecule has 0 heterocycles. The molecule has 0 fully saturated rings. The summed E-state index contributed by atoms with van der Waals surface area (Å²) in [5, 5.41) is 14.1. The maximum Gasteiger partial charge on any atom is 0.243 e. The molecule has 0 saturated heterocycles. The lowest BCUT2D eigenvalue weighted by Gasteiger charge is -2.08. The normalized spacial score (nSPS) is 9.74. The van der Waals surface area contributed by atoms with Crippen LogP contribution in [0.25, 0.3) is 0 Å². The number of nitriles is 1. The van der Waals surface area contributed by atoms with E-state index in [1.807, 2.05) is 30.3 Å². The molecule has 0 unspecified atom stereocenters. The van der Waals surface area contributed by atoms with Gasteiger partial charge in [0, 0.05) is 4.47 Å². The van der Waals surface area contributed by atoms with Crippen LogP contribution in [0, 0.1) is 11.3 Å². The van der Waals surface area contributed by atoms with E-state index in [4.69, 9.17) is 5.26 Å². The Morgan fingerprint density at radius 1 is 1.09 bits per heavy atom. The molecule has 0 aromatic heterocycles. The molecular formula is C17H14BrN3O2. The van der Waals surface area contributed by atoms with Crippen LogP contribution in [0.4, 0.5) is 5.69 Å². The number of hydrogen-bond donors (Lipinski definition) is 2. The Bertz CT molecular complexity index is 768. The second-order valence-electron chi connectivity index (χ2n) is 4.79. The standard InChI is InChI=1S/C17H14BrN3O2/c18-14-6-3-4-12(8-14)9-16(22)20-11-17(23)21-15-7-2-1-5-13(15)10-19/h1-8H,9,11H2,(H,20,22)(H,21,23). The lowest BCUT2D eigenvalue weighted by molar-refractivity contribution is -0.123. The minimum Gasteiger partial charge on any atom is -0.347 e. The first-order chi connectivity index (χ1) is 11.1. The Kier molecular flexibility index (Phi) is 5.89.